The number of imidazole rings is 1. The van der Waals surface area contributed by atoms with Crippen molar-refractivity contribution in [3.05, 3.63) is 58.8 Å². The van der Waals surface area contributed by atoms with E-state index in [1.807, 2.05) is 0 Å². The van der Waals surface area contributed by atoms with E-state index in [1.54, 1.807) is 42.5 Å². The van der Waals surface area contributed by atoms with Crippen LogP contribution in [0.25, 0.3) is 16.9 Å². The van der Waals surface area contributed by atoms with Crippen LogP contribution in [0.4, 0.5) is 13.2 Å². The molecule has 1 aromatic carbocycles. The number of aromatic nitrogens is 2. The lowest BCUT2D eigenvalue weighted by Gasteiger charge is -2.09. The second kappa shape index (κ2) is 4.63. The first-order chi connectivity index (χ1) is 9.47. The summed E-state index contributed by atoms with van der Waals surface area (Å²) in [6.07, 6.45) is -3.10. The van der Waals surface area contributed by atoms with Gasteiger partial charge >= 0.3 is 6.18 Å². The molecule has 0 atom stereocenters. The van der Waals surface area contributed by atoms with Gasteiger partial charge in [0.15, 0.2) is 5.69 Å². The van der Waals surface area contributed by atoms with Gasteiger partial charge in [0.1, 0.15) is 11.3 Å². The molecule has 0 saturated heterocycles. The molecule has 0 saturated carbocycles. The molecule has 0 radical (unpaired) electrons. The van der Waals surface area contributed by atoms with Crippen LogP contribution in [0, 0.1) is 0 Å². The van der Waals surface area contributed by atoms with E-state index in [9.17, 15) is 13.2 Å². The van der Waals surface area contributed by atoms with E-state index in [2.05, 4.69) is 20.9 Å². The Bertz CT molecular complexity index is 760. The molecular formula is C14H8BrF3N2. The second-order valence-corrected chi connectivity index (χ2v) is 5.16. The van der Waals surface area contributed by atoms with Crippen molar-refractivity contribution in [2.45, 2.75) is 6.18 Å². The Morgan fingerprint density at radius 1 is 1.00 bits per heavy atom. The average Bonchev–Trinajstić information content (AvgIpc) is 2.78. The zero-order chi connectivity index (χ0) is 14.3. The number of benzene rings is 1. The second-order valence-electron chi connectivity index (χ2n) is 4.24. The predicted octanol–water partition coefficient (Wildman–Crippen LogP) is 4.78. The van der Waals surface area contributed by atoms with Crippen molar-refractivity contribution in [1.82, 2.24) is 9.38 Å². The summed E-state index contributed by atoms with van der Waals surface area (Å²) in [4.78, 5) is 4.11. The summed E-state index contributed by atoms with van der Waals surface area (Å²) in [6.45, 7) is 0. The van der Waals surface area contributed by atoms with E-state index in [4.69, 9.17) is 0 Å². The van der Waals surface area contributed by atoms with Gasteiger partial charge in [-0.15, -0.1) is 0 Å². The third-order valence-electron chi connectivity index (χ3n) is 2.92. The van der Waals surface area contributed by atoms with E-state index in [0.717, 1.165) is 8.87 Å². The van der Waals surface area contributed by atoms with Crippen molar-refractivity contribution >= 4 is 21.6 Å². The van der Waals surface area contributed by atoms with Gasteiger partial charge in [-0.1, -0.05) is 34.1 Å². The molecule has 3 rings (SSSR count). The maximum Gasteiger partial charge on any atom is 0.433 e. The first kappa shape index (κ1) is 13.2. The van der Waals surface area contributed by atoms with Crippen molar-refractivity contribution < 1.29 is 13.2 Å². The zero-order valence-corrected chi connectivity index (χ0v) is 11.6. The molecule has 0 fully saturated rings. The van der Waals surface area contributed by atoms with Crippen molar-refractivity contribution in [1.29, 1.82) is 0 Å². The van der Waals surface area contributed by atoms with Crippen LogP contribution in [0.1, 0.15) is 5.69 Å². The molecule has 0 aliphatic rings. The molecule has 0 aliphatic carbocycles. The van der Waals surface area contributed by atoms with Crippen molar-refractivity contribution in [2.75, 3.05) is 0 Å². The smallest absolute Gasteiger partial charge is 0.295 e. The van der Waals surface area contributed by atoms with Crippen molar-refractivity contribution in [2.24, 2.45) is 0 Å². The number of halogens is 4. The molecule has 0 unspecified atom stereocenters. The van der Waals surface area contributed by atoms with Crippen molar-refractivity contribution in [3.8, 4) is 11.3 Å². The van der Waals surface area contributed by atoms with Crippen LogP contribution in [0.15, 0.2) is 53.1 Å². The summed E-state index contributed by atoms with van der Waals surface area (Å²) in [5.41, 5.74) is -0.103. The lowest BCUT2D eigenvalue weighted by molar-refractivity contribution is -0.141. The van der Waals surface area contributed by atoms with Crippen LogP contribution >= 0.6 is 15.9 Å². The minimum atomic E-state index is -4.47. The highest BCUT2D eigenvalue weighted by Crippen LogP contribution is 2.37. The molecule has 0 bridgehead atoms. The van der Waals surface area contributed by atoms with Crippen LogP contribution in [-0.4, -0.2) is 9.38 Å². The van der Waals surface area contributed by atoms with Crippen LogP contribution in [0.3, 0.4) is 0 Å². The van der Waals surface area contributed by atoms with Gasteiger partial charge in [-0.05, 0) is 24.3 Å². The molecule has 0 amide bonds. The van der Waals surface area contributed by atoms with Gasteiger partial charge in [-0.25, -0.2) is 4.98 Å². The molecule has 102 valence electrons. The van der Waals surface area contributed by atoms with Crippen LogP contribution in [0.5, 0.6) is 0 Å². The van der Waals surface area contributed by atoms with E-state index in [-0.39, 0.29) is 11.3 Å². The Morgan fingerprint density at radius 2 is 1.70 bits per heavy atom. The van der Waals surface area contributed by atoms with E-state index in [1.165, 1.54) is 6.20 Å². The van der Waals surface area contributed by atoms with Gasteiger partial charge in [0.05, 0.1) is 0 Å². The quantitative estimate of drug-likeness (QED) is 0.623. The van der Waals surface area contributed by atoms with Gasteiger partial charge in [0, 0.05) is 16.2 Å². The largest absolute Gasteiger partial charge is 0.433 e. The number of pyridine rings is 1. The fourth-order valence-electron chi connectivity index (χ4n) is 2.08. The third kappa shape index (κ3) is 2.20. The molecule has 0 N–H and O–H groups in total. The Labute approximate surface area is 121 Å². The molecule has 2 nitrogen and oxygen atoms in total. The zero-order valence-electron chi connectivity index (χ0n) is 10.0. The summed E-state index contributed by atoms with van der Waals surface area (Å²) >= 11 is 3.26. The van der Waals surface area contributed by atoms with Crippen LogP contribution in [0.2, 0.25) is 0 Å². The monoisotopic (exact) mass is 340 g/mol. The fourth-order valence-corrected chi connectivity index (χ4v) is 2.34. The predicted molar refractivity (Wildman–Crippen MR) is 73.3 cm³/mol. The molecule has 0 aliphatic heterocycles. The van der Waals surface area contributed by atoms with Gasteiger partial charge in [-0.2, -0.15) is 13.2 Å². The summed E-state index contributed by atoms with van der Waals surface area (Å²) in [5, 5.41) is 0. The minimum Gasteiger partial charge on any atom is -0.295 e. The number of alkyl halides is 3. The van der Waals surface area contributed by atoms with Gasteiger partial charge < -0.3 is 0 Å². The van der Waals surface area contributed by atoms with Crippen molar-refractivity contribution in [3.63, 3.8) is 0 Å². The SMILES string of the molecule is FC(F)(F)c1c(-c2ccc(Br)cc2)nc2ccccn12. The fraction of sp³-hybridized carbons (Fsp3) is 0.0714. The summed E-state index contributed by atoms with van der Waals surface area (Å²) in [7, 11) is 0. The number of fused-ring (bicyclic) bond motifs is 1. The number of hydrogen-bond acceptors (Lipinski definition) is 1. The minimum absolute atomic E-state index is 0.0591. The molecule has 3 aromatic rings. The Morgan fingerprint density at radius 3 is 2.35 bits per heavy atom. The molecular weight excluding hydrogens is 333 g/mol. The first-order valence-electron chi connectivity index (χ1n) is 5.77. The molecule has 2 heterocycles. The topological polar surface area (TPSA) is 17.3 Å². The first-order valence-corrected chi connectivity index (χ1v) is 6.56. The average molecular weight is 341 g/mol. The number of nitrogens with zero attached hydrogens (tertiary/aromatic N) is 2. The van der Waals surface area contributed by atoms with Gasteiger partial charge in [0.2, 0.25) is 0 Å². The highest BCUT2D eigenvalue weighted by molar-refractivity contribution is 9.10. The van der Waals surface area contributed by atoms with E-state index in [0.29, 0.717) is 5.56 Å². The molecule has 2 aromatic heterocycles. The van der Waals surface area contributed by atoms with Crippen LogP contribution < -0.4 is 0 Å². The summed E-state index contributed by atoms with van der Waals surface area (Å²) in [6, 6.07) is 11.4. The highest BCUT2D eigenvalue weighted by Gasteiger charge is 2.38. The summed E-state index contributed by atoms with van der Waals surface area (Å²) < 4.78 is 41.8. The maximum atomic E-state index is 13.3. The Hall–Kier alpha value is -1.82. The lowest BCUT2D eigenvalue weighted by Crippen LogP contribution is -2.10. The molecule has 20 heavy (non-hydrogen) atoms. The molecule has 6 heteroatoms. The van der Waals surface area contributed by atoms with Gasteiger partial charge in [0.25, 0.3) is 0 Å². The molecule has 0 spiro atoms. The van der Waals surface area contributed by atoms with E-state index >= 15 is 0 Å². The Balaban J connectivity index is 2.32. The normalized spacial score (nSPS) is 12.0. The number of hydrogen-bond donors (Lipinski definition) is 0. The highest BCUT2D eigenvalue weighted by atomic mass is 79.9. The van der Waals surface area contributed by atoms with Crippen LogP contribution in [-0.2, 0) is 6.18 Å². The summed E-state index contributed by atoms with van der Waals surface area (Å²) in [5.74, 6) is 0. The van der Waals surface area contributed by atoms with Gasteiger partial charge in [-0.3, -0.25) is 4.40 Å². The lowest BCUT2D eigenvalue weighted by atomic mass is 10.1. The van der Waals surface area contributed by atoms with E-state index < -0.39 is 11.9 Å². The Kier molecular flexibility index (Phi) is 3.05. The third-order valence-corrected chi connectivity index (χ3v) is 3.44. The number of rotatable bonds is 1. The maximum absolute atomic E-state index is 13.3. The standard InChI is InChI=1S/C14H8BrF3N2/c15-10-6-4-9(5-7-10)12-13(14(16,17)18)20-8-2-1-3-11(20)19-12/h1-8H.